The van der Waals surface area contributed by atoms with Crippen molar-refractivity contribution in [3.05, 3.63) is 0 Å². The fourth-order valence-corrected chi connectivity index (χ4v) is 2.18. The maximum atomic E-state index is 11.3. The predicted octanol–water partition coefficient (Wildman–Crippen LogP) is 0.784. The van der Waals surface area contributed by atoms with Gasteiger partial charge in [0.15, 0.2) is 0 Å². The zero-order chi connectivity index (χ0) is 23.7. The number of aliphatic carboxylic acids is 1. The average Bonchev–Trinajstić information content (AvgIpc) is 2.76. The molecule has 1 amide bonds. The zero-order valence-electron chi connectivity index (χ0n) is 19.1. The number of carbonyl (C=O) groups is 3. The van der Waals surface area contributed by atoms with Crippen LogP contribution in [0, 0.1) is 0 Å². The minimum absolute atomic E-state index is 0.00815. The number of rotatable bonds is 24. The first-order valence-electron chi connectivity index (χ1n) is 11.1. The molecule has 0 atom stereocenters. The highest BCUT2D eigenvalue weighted by Crippen LogP contribution is 1.91. The van der Waals surface area contributed by atoms with E-state index in [9.17, 15) is 14.4 Å². The molecular formula is C21H39NO10. The van der Waals surface area contributed by atoms with Crippen LogP contribution in [0.3, 0.4) is 0 Å². The standard InChI is InChI=1S/C21H39NO10/c1-2-4-21(26)32-18-17-31-16-15-30-14-13-29-12-11-28-10-9-27-8-3-7-22-19(23)5-6-20(24)25/h2-18H2,1H3,(H,22,23)(H,24,25). The van der Waals surface area contributed by atoms with Crippen LogP contribution in [-0.2, 0) is 42.8 Å². The number of esters is 1. The van der Waals surface area contributed by atoms with Gasteiger partial charge >= 0.3 is 11.9 Å². The highest BCUT2D eigenvalue weighted by molar-refractivity contribution is 5.80. The van der Waals surface area contributed by atoms with Crippen molar-refractivity contribution in [1.82, 2.24) is 5.32 Å². The van der Waals surface area contributed by atoms with Crippen molar-refractivity contribution in [2.45, 2.75) is 39.0 Å². The van der Waals surface area contributed by atoms with Crippen LogP contribution >= 0.6 is 0 Å². The molecule has 11 nitrogen and oxygen atoms in total. The second-order valence-corrected chi connectivity index (χ2v) is 6.63. The molecule has 11 heteroatoms. The van der Waals surface area contributed by atoms with E-state index < -0.39 is 5.97 Å². The van der Waals surface area contributed by atoms with Crippen LogP contribution in [0.15, 0.2) is 0 Å². The Kier molecular flexibility index (Phi) is 22.5. The van der Waals surface area contributed by atoms with Crippen molar-refractivity contribution < 1.29 is 47.9 Å². The minimum Gasteiger partial charge on any atom is -0.481 e. The van der Waals surface area contributed by atoms with Gasteiger partial charge in [0.2, 0.25) is 5.91 Å². The molecule has 2 N–H and O–H groups in total. The molecule has 0 saturated carbocycles. The molecule has 0 fully saturated rings. The van der Waals surface area contributed by atoms with Crippen LogP contribution in [0.5, 0.6) is 0 Å². The lowest BCUT2D eigenvalue weighted by Gasteiger charge is -2.08. The summed E-state index contributed by atoms with van der Waals surface area (Å²) in [6.45, 7) is 7.14. The van der Waals surface area contributed by atoms with E-state index in [1.807, 2.05) is 6.92 Å². The molecule has 32 heavy (non-hydrogen) atoms. The van der Waals surface area contributed by atoms with Gasteiger partial charge in [-0.3, -0.25) is 14.4 Å². The molecule has 0 aromatic heterocycles. The number of carboxylic acid groups (broad SMARTS) is 1. The van der Waals surface area contributed by atoms with Gasteiger partial charge in [-0.1, -0.05) is 6.92 Å². The Balaban J connectivity index is 3.13. The lowest BCUT2D eigenvalue weighted by Crippen LogP contribution is -2.25. The SMILES string of the molecule is CCCC(=O)OCCOCCOCCOCCOCCOCCCNC(=O)CCC(=O)O. The maximum Gasteiger partial charge on any atom is 0.305 e. The lowest BCUT2D eigenvalue weighted by atomic mass is 10.3. The highest BCUT2D eigenvalue weighted by atomic mass is 16.6. The van der Waals surface area contributed by atoms with Gasteiger partial charge in [0.25, 0.3) is 0 Å². The van der Waals surface area contributed by atoms with Crippen LogP contribution in [0.4, 0.5) is 0 Å². The molecule has 0 heterocycles. The Morgan fingerprint density at radius 2 is 1.12 bits per heavy atom. The molecule has 0 rings (SSSR count). The molecule has 0 aromatic carbocycles. The van der Waals surface area contributed by atoms with Crippen molar-refractivity contribution in [3.63, 3.8) is 0 Å². The molecule has 0 radical (unpaired) electrons. The second kappa shape index (κ2) is 23.9. The maximum absolute atomic E-state index is 11.3. The van der Waals surface area contributed by atoms with Crippen molar-refractivity contribution >= 4 is 17.8 Å². The number of amides is 1. The van der Waals surface area contributed by atoms with Gasteiger partial charge in [0.1, 0.15) is 6.61 Å². The summed E-state index contributed by atoms with van der Waals surface area (Å²) in [4.78, 5) is 32.8. The molecule has 0 spiro atoms. The van der Waals surface area contributed by atoms with E-state index in [0.29, 0.717) is 85.5 Å². The first kappa shape index (κ1) is 30.2. The zero-order valence-corrected chi connectivity index (χ0v) is 19.1. The molecule has 0 bridgehead atoms. The van der Waals surface area contributed by atoms with Gasteiger partial charge in [0, 0.05) is 26.0 Å². The molecule has 0 saturated heterocycles. The van der Waals surface area contributed by atoms with Crippen molar-refractivity contribution in [3.8, 4) is 0 Å². The third-order valence-electron chi connectivity index (χ3n) is 3.79. The van der Waals surface area contributed by atoms with Gasteiger partial charge in [-0.15, -0.1) is 0 Å². The topological polar surface area (TPSA) is 139 Å². The third-order valence-corrected chi connectivity index (χ3v) is 3.79. The fourth-order valence-electron chi connectivity index (χ4n) is 2.18. The smallest absolute Gasteiger partial charge is 0.305 e. The highest BCUT2D eigenvalue weighted by Gasteiger charge is 2.04. The van der Waals surface area contributed by atoms with E-state index in [1.54, 1.807) is 0 Å². The van der Waals surface area contributed by atoms with Crippen LogP contribution in [0.2, 0.25) is 0 Å². The molecule has 0 aliphatic carbocycles. The normalized spacial score (nSPS) is 10.8. The largest absolute Gasteiger partial charge is 0.481 e. The molecule has 0 aliphatic rings. The van der Waals surface area contributed by atoms with E-state index in [2.05, 4.69) is 5.32 Å². The van der Waals surface area contributed by atoms with E-state index in [4.69, 9.17) is 33.5 Å². The number of nitrogens with one attached hydrogen (secondary N) is 1. The molecule has 188 valence electrons. The first-order chi connectivity index (χ1) is 15.6. The summed E-state index contributed by atoms with van der Waals surface area (Å²) in [6.07, 6.45) is 1.70. The first-order valence-corrected chi connectivity index (χ1v) is 11.1. The molecule has 0 aromatic rings. The van der Waals surface area contributed by atoms with Crippen LogP contribution in [0.1, 0.15) is 39.0 Å². The van der Waals surface area contributed by atoms with Crippen LogP contribution in [0.25, 0.3) is 0 Å². The second-order valence-electron chi connectivity index (χ2n) is 6.63. The average molecular weight is 466 g/mol. The van der Waals surface area contributed by atoms with Crippen LogP contribution < -0.4 is 5.32 Å². The third kappa shape index (κ3) is 24.5. The Bertz CT molecular complexity index is 475. The van der Waals surface area contributed by atoms with E-state index in [0.717, 1.165) is 6.42 Å². The number of hydrogen-bond acceptors (Lipinski definition) is 9. The van der Waals surface area contributed by atoms with Crippen molar-refractivity contribution in [1.29, 1.82) is 0 Å². The minimum atomic E-state index is -0.983. The lowest BCUT2D eigenvalue weighted by molar-refractivity contribution is -0.145. The van der Waals surface area contributed by atoms with Crippen LogP contribution in [-0.4, -0.2) is 102 Å². The van der Waals surface area contributed by atoms with Gasteiger partial charge in [-0.25, -0.2) is 0 Å². The number of ether oxygens (including phenoxy) is 6. The Morgan fingerprint density at radius 3 is 1.59 bits per heavy atom. The Morgan fingerprint density at radius 1 is 0.656 bits per heavy atom. The summed E-state index contributed by atoms with van der Waals surface area (Å²) in [6, 6.07) is 0. The fraction of sp³-hybridized carbons (Fsp3) is 0.857. The van der Waals surface area contributed by atoms with Gasteiger partial charge in [-0.2, -0.15) is 0 Å². The monoisotopic (exact) mass is 465 g/mol. The number of carboxylic acids is 1. The summed E-state index contributed by atoms with van der Waals surface area (Å²) in [5.74, 6) is -1.45. The summed E-state index contributed by atoms with van der Waals surface area (Å²) >= 11 is 0. The van der Waals surface area contributed by atoms with E-state index in [-0.39, 0.29) is 31.3 Å². The molecule has 0 unspecified atom stereocenters. The summed E-state index contributed by atoms with van der Waals surface area (Å²) < 4.78 is 31.7. The Hall–Kier alpha value is -1.79. The Labute approximate surface area is 190 Å². The summed E-state index contributed by atoms with van der Waals surface area (Å²) in [7, 11) is 0. The quantitative estimate of drug-likeness (QED) is 0.155. The number of hydrogen-bond donors (Lipinski definition) is 2. The summed E-state index contributed by atoms with van der Waals surface area (Å²) in [5.41, 5.74) is 0. The van der Waals surface area contributed by atoms with Gasteiger partial charge in [0.05, 0.1) is 65.9 Å². The van der Waals surface area contributed by atoms with E-state index in [1.165, 1.54) is 0 Å². The molecule has 0 aliphatic heterocycles. The van der Waals surface area contributed by atoms with E-state index >= 15 is 0 Å². The van der Waals surface area contributed by atoms with Gasteiger partial charge < -0.3 is 38.8 Å². The van der Waals surface area contributed by atoms with Crippen molar-refractivity contribution in [2.75, 3.05) is 79.2 Å². The van der Waals surface area contributed by atoms with Crippen molar-refractivity contribution in [2.24, 2.45) is 0 Å². The molecular weight excluding hydrogens is 426 g/mol. The number of carbonyl (C=O) groups excluding carboxylic acids is 2. The van der Waals surface area contributed by atoms with Gasteiger partial charge in [-0.05, 0) is 12.8 Å². The summed E-state index contributed by atoms with van der Waals surface area (Å²) in [5, 5.41) is 11.1. The predicted molar refractivity (Wildman–Crippen MR) is 114 cm³/mol.